The van der Waals surface area contributed by atoms with Crippen LogP contribution in [0.1, 0.15) is 58.1 Å². The van der Waals surface area contributed by atoms with E-state index in [9.17, 15) is 13.2 Å². The van der Waals surface area contributed by atoms with Crippen molar-refractivity contribution in [3.8, 4) is 11.3 Å². The lowest BCUT2D eigenvalue weighted by Gasteiger charge is -2.57. The van der Waals surface area contributed by atoms with Crippen LogP contribution < -0.4 is 5.73 Å². The van der Waals surface area contributed by atoms with Crippen LogP contribution >= 0.6 is 0 Å². The third-order valence-corrected chi connectivity index (χ3v) is 7.67. The van der Waals surface area contributed by atoms with Gasteiger partial charge < -0.3 is 10.3 Å². The fourth-order valence-electron chi connectivity index (χ4n) is 6.78. The molecule has 0 radical (unpaired) electrons. The minimum Gasteiger partial charge on any atom is -0.367 e. The van der Waals surface area contributed by atoms with E-state index in [1.54, 1.807) is 0 Å². The van der Waals surface area contributed by atoms with E-state index in [1.165, 1.54) is 44.2 Å². The van der Waals surface area contributed by atoms with Crippen molar-refractivity contribution in [1.29, 1.82) is 0 Å². The summed E-state index contributed by atoms with van der Waals surface area (Å²) in [4.78, 5) is 16.4. The number of hydrogen-bond acceptors (Lipinski definition) is 3. The monoisotopic (exact) mass is 468 g/mol. The number of carbonyl (C=O) groups is 1. The SMILES string of the molecule is CC.NC(=NC(=O)Cn1c(-c2ccccc2)ccc1C12CC3CC(CC(C3)C1)C2)N=S(=O)=O. The number of rotatable bonds is 4. The maximum atomic E-state index is 12.7. The van der Waals surface area contributed by atoms with Crippen molar-refractivity contribution < 1.29 is 13.2 Å². The molecule has 4 fully saturated rings. The smallest absolute Gasteiger partial charge is 0.319 e. The molecule has 0 atom stereocenters. The molecule has 4 bridgehead atoms. The molecule has 1 aromatic heterocycles. The van der Waals surface area contributed by atoms with E-state index in [0.29, 0.717) is 0 Å². The normalized spacial score (nSPS) is 27.6. The summed E-state index contributed by atoms with van der Waals surface area (Å²) in [5, 5.41) is 0. The summed E-state index contributed by atoms with van der Waals surface area (Å²) in [6.07, 6.45) is 7.58. The van der Waals surface area contributed by atoms with Crippen molar-refractivity contribution >= 4 is 22.4 Å². The zero-order chi connectivity index (χ0) is 23.6. The molecule has 1 aromatic carbocycles. The molecule has 0 saturated heterocycles. The third-order valence-electron chi connectivity index (χ3n) is 7.33. The van der Waals surface area contributed by atoms with Crippen LogP contribution in [0, 0.1) is 17.8 Å². The summed E-state index contributed by atoms with van der Waals surface area (Å²) in [5.74, 6) is 1.30. The molecule has 2 N–H and O–H groups in total. The Hall–Kier alpha value is -2.74. The first-order valence-electron chi connectivity index (χ1n) is 11.9. The molecule has 1 heterocycles. The van der Waals surface area contributed by atoms with Gasteiger partial charge in [0.25, 0.3) is 5.91 Å². The van der Waals surface area contributed by atoms with Crippen LogP contribution in [0.4, 0.5) is 0 Å². The lowest BCUT2D eigenvalue weighted by atomic mass is 9.49. The highest BCUT2D eigenvalue weighted by Gasteiger charge is 2.52. The van der Waals surface area contributed by atoms with Crippen LogP contribution in [-0.2, 0) is 27.3 Å². The topological polar surface area (TPSA) is 107 Å². The highest BCUT2D eigenvalue weighted by molar-refractivity contribution is 7.62. The Morgan fingerprint density at radius 2 is 1.58 bits per heavy atom. The van der Waals surface area contributed by atoms with Gasteiger partial charge in [-0.1, -0.05) is 48.5 Å². The Balaban J connectivity index is 0.00000126. The summed E-state index contributed by atoms with van der Waals surface area (Å²) < 4.78 is 26.6. The van der Waals surface area contributed by atoms with E-state index in [1.807, 2.05) is 44.2 Å². The minimum atomic E-state index is -2.74. The Bertz CT molecular complexity index is 1140. The zero-order valence-corrected chi connectivity index (χ0v) is 20.1. The van der Waals surface area contributed by atoms with E-state index < -0.39 is 22.4 Å². The second-order valence-electron chi connectivity index (χ2n) is 9.43. The fourth-order valence-corrected chi connectivity index (χ4v) is 6.98. The Morgan fingerprint density at radius 3 is 2.12 bits per heavy atom. The van der Waals surface area contributed by atoms with Gasteiger partial charge in [0, 0.05) is 16.8 Å². The first-order valence-corrected chi connectivity index (χ1v) is 12.9. The Morgan fingerprint density at radius 1 is 1.00 bits per heavy atom. The molecular formula is C25H32N4O3S. The van der Waals surface area contributed by atoms with Crippen molar-refractivity contribution in [2.24, 2.45) is 32.8 Å². The summed E-state index contributed by atoms with van der Waals surface area (Å²) in [5.41, 5.74) is 8.82. The summed E-state index contributed by atoms with van der Waals surface area (Å²) in [6.45, 7) is 4.01. The average Bonchev–Trinajstić information content (AvgIpc) is 3.18. The molecule has 2 aromatic rings. The summed E-state index contributed by atoms with van der Waals surface area (Å²) in [7, 11) is -2.74. The average molecular weight is 469 g/mol. The van der Waals surface area contributed by atoms with Crippen molar-refractivity contribution in [3.63, 3.8) is 0 Å². The predicted octanol–water partition coefficient (Wildman–Crippen LogP) is 4.55. The van der Waals surface area contributed by atoms with Crippen LogP contribution in [0.2, 0.25) is 0 Å². The van der Waals surface area contributed by atoms with Crippen LogP contribution in [0.5, 0.6) is 0 Å². The van der Waals surface area contributed by atoms with E-state index in [4.69, 9.17) is 5.73 Å². The molecule has 33 heavy (non-hydrogen) atoms. The first kappa shape index (κ1) is 23.4. The molecule has 6 rings (SSSR count). The molecule has 0 spiro atoms. The number of amides is 1. The van der Waals surface area contributed by atoms with E-state index in [-0.39, 0.29) is 12.0 Å². The van der Waals surface area contributed by atoms with Gasteiger partial charge in [0.2, 0.25) is 5.96 Å². The van der Waals surface area contributed by atoms with Gasteiger partial charge in [-0.05, 0) is 74.0 Å². The van der Waals surface area contributed by atoms with Gasteiger partial charge in [-0.15, -0.1) is 0 Å². The fraction of sp³-hybridized carbons (Fsp3) is 0.520. The number of hydrogen-bond donors (Lipinski definition) is 1. The van der Waals surface area contributed by atoms with Gasteiger partial charge in [0.05, 0.1) is 0 Å². The van der Waals surface area contributed by atoms with E-state index in [0.717, 1.165) is 29.0 Å². The number of nitrogens with zero attached hydrogens (tertiary/aromatic N) is 3. The van der Waals surface area contributed by atoms with Crippen LogP contribution in [0.3, 0.4) is 0 Å². The molecule has 4 aliphatic rings. The van der Waals surface area contributed by atoms with Crippen molar-refractivity contribution in [2.75, 3.05) is 0 Å². The number of carbonyl (C=O) groups excluding carboxylic acids is 1. The van der Waals surface area contributed by atoms with Crippen LogP contribution in [-0.4, -0.2) is 24.9 Å². The molecule has 0 aliphatic heterocycles. The molecule has 7 nitrogen and oxygen atoms in total. The highest BCUT2D eigenvalue weighted by Crippen LogP contribution is 2.61. The van der Waals surface area contributed by atoms with Gasteiger partial charge in [0.1, 0.15) is 6.54 Å². The van der Waals surface area contributed by atoms with Gasteiger partial charge in [-0.25, -0.2) is 0 Å². The standard InChI is InChI=1S/C23H26N4O3S.C2H6/c24-22(26-31(29)30)25-21(28)14-27-19(18-4-2-1-3-5-18)6-7-20(27)23-11-15-8-16(12-23)10-17(9-15)13-23;1-2/h1-7,15-17H,8-14H2,(H2,24,25,28);1-2H3. The maximum Gasteiger partial charge on any atom is 0.319 e. The first-order chi connectivity index (χ1) is 15.9. The molecule has 176 valence electrons. The molecule has 1 amide bonds. The van der Waals surface area contributed by atoms with Crippen molar-refractivity contribution in [1.82, 2.24) is 4.57 Å². The number of benzene rings is 1. The lowest BCUT2D eigenvalue weighted by Crippen LogP contribution is -2.49. The third kappa shape index (κ3) is 4.81. The van der Waals surface area contributed by atoms with E-state index >= 15 is 0 Å². The molecule has 4 saturated carbocycles. The van der Waals surface area contributed by atoms with Crippen LogP contribution in [0.15, 0.2) is 51.8 Å². The lowest BCUT2D eigenvalue weighted by molar-refractivity contribution is -0.118. The number of aromatic nitrogens is 1. The van der Waals surface area contributed by atoms with Gasteiger partial charge in [0.15, 0.2) is 0 Å². The highest BCUT2D eigenvalue weighted by atomic mass is 32.2. The van der Waals surface area contributed by atoms with Gasteiger partial charge in [-0.3, -0.25) is 4.79 Å². The van der Waals surface area contributed by atoms with Crippen molar-refractivity contribution in [2.45, 2.75) is 64.3 Å². The zero-order valence-electron chi connectivity index (χ0n) is 19.3. The summed E-state index contributed by atoms with van der Waals surface area (Å²) >= 11 is 0. The Labute approximate surface area is 196 Å². The van der Waals surface area contributed by atoms with Crippen LogP contribution in [0.25, 0.3) is 11.3 Å². The number of aliphatic imine (C=N–C) groups is 1. The van der Waals surface area contributed by atoms with Gasteiger partial charge in [-0.2, -0.15) is 13.4 Å². The molecule has 0 unspecified atom stereocenters. The largest absolute Gasteiger partial charge is 0.367 e. The second-order valence-corrected chi connectivity index (χ2v) is 10.0. The molecule has 4 aliphatic carbocycles. The summed E-state index contributed by atoms with van der Waals surface area (Å²) in [6, 6.07) is 14.3. The second kappa shape index (κ2) is 9.63. The maximum absolute atomic E-state index is 12.7. The molecule has 8 heteroatoms. The number of nitrogens with two attached hydrogens (primary N) is 1. The predicted molar refractivity (Wildman–Crippen MR) is 129 cm³/mol. The molecular weight excluding hydrogens is 436 g/mol. The van der Waals surface area contributed by atoms with Crippen molar-refractivity contribution in [3.05, 3.63) is 48.2 Å². The number of guanidine groups is 1. The van der Waals surface area contributed by atoms with E-state index in [2.05, 4.69) is 26.1 Å². The van der Waals surface area contributed by atoms with Gasteiger partial charge >= 0.3 is 10.5 Å². The minimum absolute atomic E-state index is 0.00994. The Kier molecular flexibility index (Phi) is 6.83. The quantitative estimate of drug-likeness (QED) is 0.524.